The average Bonchev–Trinajstić information content (AvgIpc) is 3.30. The van der Waals surface area contributed by atoms with Crippen molar-refractivity contribution in [3.05, 3.63) is 57.8 Å². The van der Waals surface area contributed by atoms with Gasteiger partial charge in [-0.1, -0.05) is 24.6 Å². The van der Waals surface area contributed by atoms with E-state index in [4.69, 9.17) is 20.8 Å². The molecule has 3 heterocycles. The van der Waals surface area contributed by atoms with E-state index in [2.05, 4.69) is 15.1 Å². The molecule has 138 valence electrons. The molecule has 0 spiro atoms. The van der Waals surface area contributed by atoms with E-state index in [0.717, 1.165) is 17.7 Å². The molecule has 0 aliphatic heterocycles. The Labute approximate surface area is 159 Å². The molecular formula is C19H17ClN4O3. The molecule has 0 aliphatic carbocycles. The lowest BCUT2D eigenvalue weighted by molar-refractivity contribution is 0.340. The molecule has 7 nitrogen and oxygen atoms in total. The second-order valence-corrected chi connectivity index (χ2v) is 6.31. The number of benzene rings is 1. The number of fused-ring (bicyclic) bond motifs is 1. The summed E-state index contributed by atoms with van der Waals surface area (Å²) >= 11 is 6.16. The molecule has 0 saturated carbocycles. The molecule has 1 aromatic carbocycles. The van der Waals surface area contributed by atoms with Crippen LogP contribution in [-0.4, -0.2) is 26.2 Å². The Morgan fingerprint density at radius 1 is 1.26 bits per heavy atom. The third kappa shape index (κ3) is 3.10. The highest BCUT2D eigenvalue weighted by molar-refractivity contribution is 6.32. The molecule has 27 heavy (non-hydrogen) atoms. The van der Waals surface area contributed by atoms with E-state index < -0.39 is 0 Å². The van der Waals surface area contributed by atoms with Crippen LogP contribution >= 0.6 is 11.6 Å². The van der Waals surface area contributed by atoms with E-state index in [1.807, 2.05) is 19.9 Å². The first-order valence-electron chi connectivity index (χ1n) is 8.59. The summed E-state index contributed by atoms with van der Waals surface area (Å²) in [4.78, 5) is 20.1. The fourth-order valence-electron chi connectivity index (χ4n) is 2.83. The van der Waals surface area contributed by atoms with Crippen molar-refractivity contribution in [2.45, 2.75) is 20.3 Å². The Balaban J connectivity index is 1.87. The molecular weight excluding hydrogens is 368 g/mol. The Kier molecular flexibility index (Phi) is 4.45. The van der Waals surface area contributed by atoms with Gasteiger partial charge in [0.2, 0.25) is 5.89 Å². The second kappa shape index (κ2) is 6.92. The lowest BCUT2D eigenvalue weighted by Gasteiger charge is -2.09. The standard InChI is InChI=1S/C19H17ClN4O3/c1-3-12-9-21-19(27-12)13-10-22-24-17(25)8-15(23-18(13)24)11-5-6-14(20)16(7-11)26-4-2/h5-10,23H,3-4H2,1-2H3. The number of oxazole rings is 1. The molecule has 8 heteroatoms. The van der Waals surface area contributed by atoms with Gasteiger partial charge in [0.25, 0.3) is 5.56 Å². The molecule has 4 aromatic rings. The molecule has 4 rings (SSSR count). The highest BCUT2D eigenvalue weighted by Gasteiger charge is 2.16. The first kappa shape index (κ1) is 17.4. The van der Waals surface area contributed by atoms with Crippen molar-refractivity contribution < 1.29 is 9.15 Å². The van der Waals surface area contributed by atoms with Crippen molar-refractivity contribution in [3.63, 3.8) is 0 Å². The number of aromatic amines is 1. The molecule has 0 aliphatic rings. The Bertz CT molecular complexity index is 1180. The van der Waals surface area contributed by atoms with Gasteiger partial charge in [-0.3, -0.25) is 4.79 Å². The second-order valence-electron chi connectivity index (χ2n) is 5.90. The van der Waals surface area contributed by atoms with Gasteiger partial charge < -0.3 is 14.1 Å². The third-order valence-corrected chi connectivity index (χ3v) is 4.49. The van der Waals surface area contributed by atoms with Gasteiger partial charge in [0, 0.05) is 18.1 Å². The number of aryl methyl sites for hydroxylation is 1. The number of hydrogen-bond acceptors (Lipinski definition) is 5. The highest BCUT2D eigenvalue weighted by atomic mass is 35.5. The number of hydrogen-bond donors (Lipinski definition) is 1. The Morgan fingerprint density at radius 2 is 2.11 bits per heavy atom. The summed E-state index contributed by atoms with van der Waals surface area (Å²) in [6, 6.07) is 6.84. The zero-order valence-corrected chi connectivity index (χ0v) is 15.6. The lowest BCUT2D eigenvalue weighted by Crippen LogP contribution is -2.14. The highest BCUT2D eigenvalue weighted by Crippen LogP contribution is 2.30. The van der Waals surface area contributed by atoms with Gasteiger partial charge in [-0.2, -0.15) is 9.61 Å². The van der Waals surface area contributed by atoms with Crippen LogP contribution in [0.25, 0.3) is 28.4 Å². The van der Waals surface area contributed by atoms with Crippen LogP contribution in [-0.2, 0) is 6.42 Å². The van der Waals surface area contributed by atoms with Crippen molar-refractivity contribution >= 4 is 17.2 Å². The van der Waals surface area contributed by atoms with Crippen molar-refractivity contribution in [2.24, 2.45) is 0 Å². The Morgan fingerprint density at radius 3 is 2.85 bits per heavy atom. The van der Waals surface area contributed by atoms with E-state index in [1.54, 1.807) is 24.5 Å². The maximum absolute atomic E-state index is 12.5. The number of H-pyrrole nitrogens is 1. The van der Waals surface area contributed by atoms with Gasteiger partial charge in [-0.05, 0) is 19.1 Å². The monoisotopic (exact) mass is 384 g/mol. The molecule has 1 N–H and O–H groups in total. The van der Waals surface area contributed by atoms with E-state index in [9.17, 15) is 4.79 Å². The van der Waals surface area contributed by atoms with Crippen LogP contribution in [0.15, 0.2) is 45.9 Å². The van der Waals surface area contributed by atoms with Crippen LogP contribution in [0.3, 0.4) is 0 Å². The molecule has 0 radical (unpaired) electrons. The molecule has 0 fully saturated rings. The smallest absolute Gasteiger partial charge is 0.274 e. The van der Waals surface area contributed by atoms with Crippen LogP contribution < -0.4 is 10.3 Å². The van der Waals surface area contributed by atoms with Crippen molar-refractivity contribution in [3.8, 4) is 28.5 Å². The fraction of sp³-hybridized carbons (Fsp3) is 0.211. The number of nitrogens with zero attached hydrogens (tertiary/aromatic N) is 3. The normalized spacial score (nSPS) is 11.2. The SMILES string of the molecule is CCOc1cc(-c2cc(=O)n3ncc(-c4ncc(CC)o4)c3[nH]2)ccc1Cl. The average molecular weight is 385 g/mol. The first-order chi connectivity index (χ1) is 13.1. The number of rotatable bonds is 5. The van der Waals surface area contributed by atoms with Crippen LogP contribution in [0.2, 0.25) is 5.02 Å². The van der Waals surface area contributed by atoms with E-state index in [0.29, 0.717) is 40.2 Å². The summed E-state index contributed by atoms with van der Waals surface area (Å²) in [6.45, 7) is 4.36. The van der Waals surface area contributed by atoms with Gasteiger partial charge in [0.1, 0.15) is 17.1 Å². The summed E-state index contributed by atoms with van der Waals surface area (Å²) < 4.78 is 12.5. The van der Waals surface area contributed by atoms with Crippen LogP contribution in [0.5, 0.6) is 5.75 Å². The van der Waals surface area contributed by atoms with Crippen LogP contribution in [0.4, 0.5) is 0 Å². The van der Waals surface area contributed by atoms with Crippen molar-refractivity contribution in [2.75, 3.05) is 6.61 Å². The predicted molar refractivity (Wildman–Crippen MR) is 102 cm³/mol. The molecule has 0 unspecified atom stereocenters. The lowest BCUT2D eigenvalue weighted by atomic mass is 10.1. The number of ether oxygens (including phenoxy) is 1. The molecule has 3 aromatic heterocycles. The molecule has 0 bridgehead atoms. The minimum absolute atomic E-state index is 0.264. The quantitative estimate of drug-likeness (QED) is 0.563. The molecule has 0 amide bonds. The Hall–Kier alpha value is -3.06. The maximum Gasteiger partial charge on any atom is 0.274 e. The summed E-state index contributed by atoms with van der Waals surface area (Å²) in [5.74, 6) is 1.74. The minimum atomic E-state index is -0.264. The van der Waals surface area contributed by atoms with Gasteiger partial charge in [0.05, 0.1) is 29.7 Å². The van der Waals surface area contributed by atoms with Gasteiger partial charge in [-0.25, -0.2) is 4.98 Å². The summed E-state index contributed by atoms with van der Waals surface area (Å²) in [5.41, 5.74) is 2.26. The number of halogens is 1. The maximum atomic E-state index is 12.5. The molecule has 0 atom stereocenters. The van der Waals surface area contributed by atoms with Gasteiger partial charge in [0.15, 0.2) is 5.65 Å². The van der Waals surface area contributed by atoms with E-state index in [1.165, 1.54) is 10.6 Å². The van der Waals surface area contributed by atoms with E-state index >= 15 is 0 Å². The topological polar surface area (TPSA) is 85.4 Å². The summed E-state index contributed by atoms with van der Waals surface area (Å²) in [5, 5.41) is 4.67. The largest absolute Gasteiger partial charge is 0.492 e. The van der Waals surface area contributed by atoms with E-state index in [-0.39, 0.29) is 5.56 Å². The van der Waals surface area contributed by atoms with Crippen LogP contribution in [0.1, 0.15) is 19.6 Å². The van der Waals surface area contributed by atoms with Crippen molar-refractivity contribution in [1.29, 1.82) is 0 Å². The zero-order valence-electron chi connectivity index (χ0n) is 14.8. The summed E-state index contributed by atoms with van der Waals surface area (Å²) in [7, 11) is 0. The number of aromatic nitrogens is 4. The first-order valence-corrected chi connectivity index (χ1v) is 8.97. The number of nitrogens with one attached hydrogen (secondary N) is 1. The van der Waals surface area contributed by atoms with Crippen molar-refractivity contribution in [1.82, 2.24) is 19.6 Å². The zero-order chi connectivity index (χ0) is 19.0. The fourth-order valence-corrected chi connectivity index (χ4v) is 3.00. The molecule has 0 saturated heterocycles. The predicted octanol–water partition coefficient (Wildman–Crippen LogP) is 3.96. The van der Waals surface area contributed by atoms with Gasteiger partial charge >= 0.3 is 0 Å². The van der Waals surface area contributed by atoms with Gasteiger partial charge in [-0.15, -0.1) is 0 Å². The summed E-state index contributed by atoms with van der Waals surface area (Å²) in [6.07, 6.45) is 3.98. The van der Waals surface area contributed by atoms with Crippen LogP contribution in [0, 0.1) is 0 Å². The minimum Gasteiger partial charge on any atom is -0.492 e. The third-order valence-electron chi connectivity index (χ3n) is 4.17.